The van der Waals surface area contributed by atoms with Gasteiger partial charge in [-0.2, -0.15) is 0 Å². The fraction of sp³-hybridized carbons (Fsp3) is 0.333. The molecule has 0 aliphatic heterocycles. The number of hydrogen-bond donors (Lipinski definition) is 0. The molecule has 0 bridgehead atoms. The summed E-state index contributed by atoms with van der Waals surface area (Å²) in [4.78, 5) is 25.3. The molecule has 1 heterocycles. The van der Waals surface area contributed by atoms with E-state index in [-0.39, 0.29) is 29.0 Å². The molecule has 0 N–H and O–H groups in total. The minimum absolute atomic E-state index is 0.0607. The molecule has 1 aromatic heterocycles. The molecule has 0 atom stereocenters. The Kier molecular flexibility index (Phi) is 5.24. The van der Waals surface area contributed by atoms with Crippen molar-refractivity contribution in [2.24, 2.45) is 0 Å². The molecule has 0 aliphatic carbocycles. The molecule has 0 amide bonds. The molecule has 0 saturated heterocycles. The van der Waals surface area contributed by atoms with Crippen LogP contribution in [0.15, 0.2) is 35.1 Å². The van der Waals surface area contributed by atoms with Crippen molar-refractivity contribution >= 4 is 51.0 Å². The third-order valence-corrected chi connectivity index (χ3v) is 5.37. The van der Waals surface area contributed by atoms with E-state index in [0.29, 0.717) is 26.8 Å². The highest BCUT2D eigenvalue weighted by Crippen LogP contribution is 2.33. The summed E-state index contributed by atoms with van der Waals surface area (Å²) in [6, 6.07) is 8.93. The molecule has 0 fully saturated rings. The predicted octanol–water partition coefficient (Wildman–Crippen LogP) is 5.32. The number of benzene rings is 2. The molecule has 142 valence electrons. The molecule has 2 aromatic carbocycles. The second kappa shape index (κ2) is 7.17. The van der Waals surface area contributed by atoms with E-state index < -0.39 is 5.97 Å². The predicted molar refractivity (Wildman–Crippen MR) is 111 cm³/mol. The fourth-order valence-electron chi connectivity index (χ4n) is 3.17. The molecule has 0 spiro atoms. The topological polar surface area (TPSA) is 48.3 Å². The summed E-state index contributed by atoms with van der Waals surface area (Å²) in [5.74, 6) is -0.402. The summed E-state index contributed by atoms with van der Waals surface area (Å²) in [7, 11) is 0. The molecule has 0 radical (unpaired) electrons. The van der Waals surface area contributed by atoms with E-state index in [1.807, 2.05) is 18.2 Å². The van der Waals surface area contributed by atoms with Crippen molar-refractivity contribution in [3.05, 3.63) is 56.2 Å². The van der Waals surface area contributed by atoms with Crippen molar-refractivity contribution in [2.45, 2.75) is 39.7 Å². The number of carbonyl (C=O) groups excluding carboxylic acids is 1. The molecular formula is C21H21Cl2NO3. The Labute approximate surface area is 167 Å². The molecule has 3 aromatic rings. The Bertz CT molecular complexity index is 1110. The first-order chi connectivity index (χ1) is 12.6. The number of pyridine rings is 1. The maximum absolute atomic E-state index is 13.0. The first-order valence-electron chi connectivity index (χ1n) is 8.75. The molecule has 0 unspecified atom stereocenters. The normalized spacial score (nSPS) is 11.9. The standard InChI is InChI=1S/C21H21Cl2NO3/c1-5-27-17(25)11-24-16-10-12(21(2,3)4)6-7-13(16)20(26)14-8-9-15(22)18(23)19(14)24/h6-10H,5,11H2,1-4H3. The van der Waals surface area contributed by atoms with Crippen LogP contribution in [-0.2, 0) is 21.5 Å². The maximum Gasteiger partial charge on any atom is 0.325 e. The van der Waals surface area contributed by atoms with Crippen LogP contribution in [0.25, 0.3) is 21.8 Å². The van der Waals surface area contributed by atoms with E-state index in [1.165, 1.54) is 0 Å². The van der Waals surface area contributed by atoms with E-state index in [2.05, 4.69) is 20.8 Å². The van der Waals surface area contributed by atoms with Crippen LogP contribution in [0.2, 0.25) is 10.0 Å². The van der Waals surface area contributed by atoms with E-state index in [9.17, 15) is 9.59 Å². The van der Waals surface area contributed by atoms with Gasteiger partial charge >= 0.3 is 5.97 Å². The highest BCUT2D eigenvalue weighted by Gasteiger charge is 2.20. The molecule has 27 heavy (non-hydrogen) atoms. The number of halogens is 2. The van der Waals surface area contributed by atoms with Gasteiger partial charge in [0.15, 0.2) is 5.43 Å². The number of fused-ring (bicyclic) bond motifs is 2. The van der Waals surface area contributed by atoms with Crippen molar-refractivity contribution in [3.8, 4) is 0 Å². The fourth-order valence-corrected chi connectivity index (χ4v) is 3.59. The Morgan fingerprint density at radius 3 is 2.41 bits per heavy atom. The van der Waals surface area contributed by atoms with E-state index in [4.69, 9.17) is 27.9 Å². The molecule has 4 nitrogen and oxygen atoms in total. The van der Waals surface area contributed by atoms with Gasteiger partial charge in [-0.05, 0) is 42.2 Å². The minimum Gasteiger partial charge on any atom is -0.465 e. The molecule has 0 aliphatic rings. The number of esters is 1. The SMILES string of the molecule is CCOC(=O)Cn1c2cc(C(C)(C)C)ccc2c(=O)c2ccc(Cl)c(Cl)c21. The summed E-state index contributed by atoms with van der Waals surface area (Å²) in [5, 5.41) is 1.52. The van der Waals surface area contributed by atoms with Gasteiger partial charge in [-0.3, -0.25) is 9.59 Å². The van der Waals surface area contributed by atoms with Gasteiger partial charge < -0.3 is 9.30 Å². The monoisotopic (exact) mass is 405 g/mol. The van der Waals surface area contributed by atoms with Gasteiger partial charge in [-0.1, -0.05) is 50.0 Å². The number of carbonyl (C=O) groups is 1. The third kappa shape index (κ3) is 3.56. The van der Waals surface area contributed by atoms with Crippen LogP contribution in [-0.4, -0.2) is 17.1 Å². The van der Waals surface area contributed by atoms with Gasteiger partial charge in [-0.15, -0.1) is 0 Å². The molecule has 6 heteroatoms. The van der Waals surface area contributed by atoms with Gasteiger partial charge in [-0.25, -0.2) is 0 Å². The number of nitrogens with zero attached hydrogens (tertiary/aromatic N) is 1. The van der Waals surface area contributed by atoms with Gasteiger partial charge in [0.1, 0.15) is 6.54 Å². The van der Waals surface area contributed by atoms with E-state index in [0.717, 1.165) is 5.56 Å². The average molecular weight is 406 g/mol. The zero-order valence-corrected chi connectivity index (χ0v) is 17.2. The van der Waals surface area contributed by atoms with Crippen molar-refractivity contribution in [3.63, 3.8) is 0 Å². The van der Waals surface area contributed by atoms with E-state index >= 15 is 0 Å². The molecule has 3 rings (SSSR count). The Morgan fingerprint density at radius 1 is 1.11 bits per heavy atom. The number of hydrogen-bond acceptors (Lipinski definition) is 3. The quantitative estimate of drug-likeness (QED) is 0.437. The zero-order chi connectivity index (χ0) is 19.9. The van der Waals surface area contributed by atoms with Crippen LogP contribution in [0, 0.1) is 0 Å². The second-order valence-corrected chi connectivity index (χ2v) is 8.24. The summed E-state index contributed by atoms with van der Waals surface area (Å²) in [6.07, 6.45) is 0. The lowest BCUT2D eigenvalue weighted by atomic mass is 9.86. The van der Waals surface area contributed by atoms with Gasteiger partial charge in [0.25, 0.3) is 0 Å². The van der Waals surface area contributed by atoms with Crippen LogP contribution >= 0.6 is 23.2 Å². The first-order valence-corrected chi connectivity index (χ1v) is 9.51. The van der Waals surface area contributed by atoms with E-state index in [1.54, 1.807) is 23.6 Å². The van der Waals surface area contributed by atoms with Crippen molar-refractivity contribution in [2.75, 3.05) is 6.61 Å². The van der Waals surface area contributed by atoms with Crippen molar-refractivity contribution in [1.82, 2.24) is 4.57 Å². The average Bonchev–Trinajstić information content (AvgIpc) is 2.60. The van der Waals surface area contributed by atoms with Crippen LogP contribution in [0.3, 0.4) is 0 Å². The molecule has 0 saturated carbocycles. The lowest BCUT2D eigenvalue weighted by Gasteiger charge is -2.22. The summed E-state index contributed by atoms with van der Waals surface area (Å²) < 4.78 is 6.86. The second-order valence-electron chi connectivity index (χ2n) is 7.46. The largest absolute Gasteiger partial charge is 0.465 e. The Balaban J connectivity index is 2.48. The molecular weight excluding hydrogens is 385 g/mol. The van der Waals surface area contributed by atoms with Gasteiger partial charge in [0, 0.05) is 10.8 Å². The van der Waals surface area contributed by atoms with Gasteiger partial charge in [0.05, 0.1) is 27.7 Å². The first kappa shape index (κ1) is 19.7. The Hall–Kier alpha value is -2.04. The highest BCUT2D eigenvalue weighted by molar-refractivity contribution is 6.45. The number of ether oxygens (including phenoxy) is 1. The highest BCUT2D eigenvalue weighted by atomic mass is 35.5. The lowest BCUT2D eigenvalue weighted by molar-refractivity contribution is -0.143. The van der Waals surface area contributed by atoms with Crippen LogP contribution in [0.4, 0.5) is 0 Å². The number of rotatable bonds is 3. The van der Waals surface area contributed by atoms with Crippen LogP contribution in [0.5, 0.6) is 0 Å². The minimum atomic E-state index is -0.402. The zero-order valence-electron chi connectivity index (χ0n) is 15.7. The third-order valence-electron chi connectivity index (χ3n) is 4.58. The van der Waals surface area contributed by atoms with Crippen molar-refractivity contribution in [1.29, 1.82) is 0 Å². The lowest BCUT2D eigenvalue weighted by Crippen LogP contribution is -2.19. The summed E-state index contributed by atoms with van der Waals surface area (Å²) in [5.41, 5.74) is 1.87. The van der Waals surface area contributed by atoms with Gasteiger partial charge in [0.2, 0.25) is 0 Å². The smallest absolute Gasteiger partial charge is 0.325 e. The summed E-state index contributed by atoms with van der Waals surface area (Å²) >= 11 is 12.7. The number of aromatic nitrogens is 1. The Morgan fingerprint density at radius 2 is 1.78 bits per heavy atom. The maximum atomic E-state index is 13.0. The van der Waals surface area contributed by atoms with Crippen LogP contribution < -0.4 is 5.43 Å². The van der Waals surface area contributed by atoms with Crippen molar-refractivity contribution < 1.29 is 9.53 Å². The summed E-state index contributed by atoms with van der Waals surface area (Å²) in [6.45, 7) is 8.24. The van der Waals surface area contributed by atoms with Crippen LogP contribution in [0.1, 0.15) is 33.3 Å².